The van der Waals surface area contributed by atoms with Crippen LogP contribution in [0.4, 0.5) is 0 Å². The summed E-state index contributed by atoms with van der Waals surface area (Å²) in [6.45, 7) is 0. The predicted molar refractivity (Wildman–Crippen MR) is 57.4 cm³/mol. The number of fused-ring (bicyclic) bond motifs is 2. The molecule has 2 saturated heterocycles. The molecule has 0 spiro atoms. The summed E-state index contributed by atoms with van der Waals surface area (Å²) in [6, 6.07) is 0.462. The van der Waals surface area contributed by atoms with Crippen LogP contribution in [0.5, 0.6) is 0 Å². The first-order chi connectivity index (χ1) is 7.08. The molecule has 2 heterocycles. The molecule has 0 aliphatic carbocycles. The quantitative estimate of drug-likeness (QED) is 0.310. The molecule has 84 valence electrons. The first-order valence-corrected chi connectivity index (χ1v) is 5.22. The number of hydrogen-bond donors (Lipinski definition) is 4. The van der Waals surface area contributed by atoms with Crippen LogP contribution in [0, 0.1) is 5.41 Å². The van der Waals surface area contributed by atoms with Gasteiger partial charge < -0.3 is 21.5 Å². The molecule has 0 aromatic rings. The number of nitrogens with zero attached hydrogens (tertiary/aromatic N) is 2. The van der Waals surface area contributed by atoms with Crippen molar-refractivity contribution in [3.8, 4) is 0 Å². The highest BCUT2D eigenvalue weighted by atomic mass is 16.3. The lowest BCUT2D eigenvalue weighted by atomic mass is 10.0. The summed E-state index contributed by atoms with van der Waals surface area (Å²) in [6.07, 6.45) is 3.25. The molecule has 0 radical (unpaired) electrons. The summed E-state index contributed by atoms with van der Waals surface area (Å²) < 4.78 is 0. The third-order valence-corrected chi connectivity index (χ3v) is 3.19. The molecular weight excluding hydrogens is 194 g/mol. The van der Waals surface area contributed by atoms with Crippen molar-refractivity contribution in [2.45, 2.75) is 43.9 Å². The lowest BCUT2D eigenvalue weighted by molar-refractivity contribution is 0.0702. The summed E-state index contributed by atoms with van der Waals surface area (Å²) in [4.78, 5) is 5.70. The molecule has 0 amide bonds. The Morgan fingerprint density at radius 1 is 1.27 bits per heavy atom. The van der Waals surface area contributed by atoms with Gasteiger partial charge in [0.05, 0.1) is 6.10 Å². The van der Waals surface area contributed by atoms with Gasteiger partial charge in [0.15, 0.2) is 5.96 Å². The topological polar surface area (TPSA) is 112 Å². The number of rotatable bonds is 0. The predicted octanol–water partition coefficient (Wildman–Crippen LogP) is -0.818. The van der Waals surface area contributed by atoms with Crippen LogP contribution >= 0.6 is 0 Å². The van der Waals surface area contributed by atoms with Crippen molar-refractivity contribution in [3.63, 3.8) is 0 Å². The van der Waals surface area contributed by atoms with Crippen molar-refractivity contribution in [1.29, 1.82) is 5.41 Å². The maximum absolute atomic E-state index is 9.59. The Bertz CT molecular complexity index is 285. The van der Waals surface area contributed by atoms with Crippen LogP contribution in [0.3, 0.4) is 0 Å². The lowest BCUT2D eigenvalue weighted by Crippen LogP contribution is -2.47. The first-order valence-electron chi connectivity index (χ1n) is 5.22. The van der Waals surface area contributed by atoms with E-state index in [2.05, 4.69) is 4.99 Å². The van der Waals surface area contributed by atoms with E-state index in [0.717, 1.165) is 25.7 Å². The van der Waals surface area contributed by atoms with E-state index in [-0.39, 0.29) is 30.1 Å². The number of aliphatic imine (C=N–C) groups is 1. The fraction of sp³-hybridized carbons (Fsp3) is 0.778. The monoisotopic (exact) mass is 211 g/mol. The van der Waals surface area contributed by atoms with Crippen LogP contribution in [0.25, 0.3) is 0 Å². The highest BCUT2D eigenvalue weighted by Gasteiger charge is 2.41. The molecule has 2 rings (SSSR count). The number of aliphatic hydroxyl groups excluding tert-OH is 1. The summed E-state index contributed by atoms with van der Waals surface area (Å²) in [5.74, 6) is 0.0555. The fourth-order valence-electron chi connectivity index (χ4n) is 2.67. The van der Waals surface area contributed by atoms with Gasteiger partial charge in [-0.3, -0.25) is 5.41 Å². The molecule has 2 bridgehead atoms. The Morgan fingerprint density at radius 3 is 2.27 bits per heavy atom. The Balaban J connectivity index is 2.11. The minimum Gasteiger partial charge on any atom is -0.393 e. The SMILES string of the molecule is N=C(N=C(N)N)N1C2CCC1CC(O)C2. The fourth-order valence-corrected chi connectivity index (χ4v) is 2.67. The number of guanidine groups is 2. The van der Waals surface area contributed by atoms with E-state index in [1.807, 2.05) is 4.90 Å². The summed E-state index contributed by atoms with van der Waals surface area (Å²) in [5, 5.41) is 17.4. The van der Waals surface area contributed by atoms with Gasteiger partial charge in [0.1, 0.15) is 0 Å². The van der Waals surface area contributed by atoms with Crippen LogP contribution in [0.2, 0.25) is 0 Å². The second-order valence-electron chi connectivity index (χ2n) is 4.28. The zero-order valence-corrected chi connectivity index (χ0v) is 8.56. The van der Waals surface area contributed by atoms with E-state index in [1.54, 1.807) is 0 Å². The first kappa shape index (κ1) is 10.2. The van der Waals surface area contributed by atoms with Gasteiger partial charge >= 0.3 is 0 Å². The van der Waals surface area contributed by atoms with Crippen molar-refractivity contribution in [2.75, 3.05) is 0 Å². The van der Waals surface area contributed by atoms with Crippen molar-refractivity contribution in [3.05, 3.63) is 0 Å². The average Bonchev–Trinajstić information content (AvgIpc) is 2.38. The molecule has 6 N–H and O–H groups in total. The molecule has 2 aliphatic heterocycles. The van der Waals surface area contributed by atoms with Crippen molar-refractivity contribution >= 4 is 11.9 Å². The van der Waals surface area contributed by atoms with Crippen LogP contribution in [0.15, 0.2) is 4.99 Å². The van der Waals surface area contributed by atoms with Crippen molar-refractivity contribution in [1.82, 2.24) is 4.90 Å². The highest BCUT2D eigenvalue weighted by molar-refractivity contribution is 5.92. The van der Waals surface area contributed by atoms with E-state index in [0.29, 0.717) is 0 Å². The average molecular weight is 211 g/mol. The Labute approximate surface area is 88.5 Å². The molecular formula is C9H17N5O. The molecule has 6 nitrogen and oxygen atoms in total. The largest absolute Gasteiger partial charge is 0.393 e. The third-order valence-electron chi connectivity index (χ3n) is 3.19. The lowest BCUT2D eigenvalue weighted by Gasteiger charge is -2.37. The normalized spacial score (nSPS) is 33.9. The van der Waals surface area contributed by atoms with Gasteiger partial charge in [-0.15, -0.1) is 0 Å². The van der Waals surface area contributed by atoms with E-state index in [9.17, 15) is 5.11 Å². The third kappa shape index (κ3) is 1.90. The Kier molecular flexibility index (Phi) is 2.52. The van der Waals surface area contributed by atoms with Gasteiger partial charge in [0.25, 0.3) is 0 Å². The Hall–Kier alpha value is -1.30. The number of piperidine rings is 1. The highest BCUT2D eigenvalue weighted by Crippen LogP contribution is 2.35. The summed E-state index contributed by atoms with van der Waals surface area (Å²) in [7, 11) is 0. The zero-order chi connectivity index (χ0) is 11.0. The van der Waals surface area contributed by atoms with E-state index < -0.39 is 0 Å². The molecule has 0 saturated carbocycles. The van der Waals surface area contributed by atoms with Crippen LogP contribution in [-0.2, 0) is 0 Å². The van der Waals surface area contributed by atoms with Crippen LogP contribution in [0.1, 0.15) is 25.7 Å². The molecule has 0 aromatic carbocycles. The zero-order valence-electron chi connectivity index (χ0n) is 8.56. The van der Waals surface area contributed by atoms with Gasteiger partial charge in [-0.05, 0) is 25.7 Å². The summed E-state index contributed by atoms with van der Waals surface area (Å²) in [5.41, 5.74) is 10.5. The maximum Gasteiger partial charge on any atom is 0.221 e. The van der Waals surface area contributed by atoms with E-state index >= 15 is 0 Å². The minimum atomic E-state index is -0.231. The molecule has 6 heteroatoms. The maximum atomic E-state index is 9.59. The molecule has 2 unspecified atom stereocenters. The minimum absolute atomic E-state index is 0.0782. The van der Waals surface area contributed by atoms with Gasteiger partial charge in [0.2, 0.25) is 5.96 Å². The molecule has 2 aliphatic rings. The molecule has 0 aromatic heterocycles. The second kappa shape index (κ2) is 3.69. The molecule has 15 heavy (non-hydrogen) atoms. The van der Waals surface area contributed by atoms with E-state index in [1.165, 1.54) is 0 Å². The van der Waals surface area contributed by atoms with Gasteiger partial charge in [-0.25, -0.2) is 0 Å². The standard InChI is InChI=1S/C9H17N5O/c10-8(11)13-9(12)14-5-1-2-6(14)4-7(15)3-5/h5-7,15H,1-4H2,(H5,10,11,12,13). The van der Waals surface area contributed by atoms with Gasteiger partial charge in [-0.1, -0.05) is 0 Å². The van der Waals surface area contributed by atoms with Gasteiger partial charge in [0, 0.05) is 12.1 Å². The second-order valence-corrected chi connectivity index (χ2v) is 4.28. The Morgan fingerprint density at radius 2 is 1.80 bits per heavy atom. The van der Waals surface area contributed by atoms with Crippen molar-refractivity contribution in [2.24, 2.45) is 16.5 Å². The molecule has 2 atom stereocenters. The number of hydrogen-bond acceptors (Lipinski definition) is 2. The van der Waals surface area contributed by atoms with Gasteiger partial charge in [-0.2, -0.15) is 4.99 Å². The molecule has 2 fully saturated rings. The summed E-state index contributed by atoms with van der Waals surface area (Å²) >= 11 is 0. The smallest absolute Gasteiger partial charge is 0.221 e. The number of aliphatic hydroxyl groups is 1. The van der Waals surface area contributed by atoms with Crippen LogP contribution < -0.4 is 11.5 Å². The van der Waals surface area contributed by atoms with Crippen molar-refractivity contribution < 1.29 is 5.11 Å². The van der Waals surface area contributed by atoms with Crippen LogP contribution in [-0.4, -0.2) is 40.1 Å². The number of nitrogens with one attached hydrogen (secondary N) is 1. The van der Waals surface area contributed by atoms with E-state index in [4.69, 9.17) is 16.9 Å². The number of nitrogens with two attached hydrogens (primary N) is 2.